The minimum Gasteiger partial charge on any atom is -0.481 e. The molecular weight excluding hydrogens is 745 g/mol. The molecule has 54 heavy (non-hydrogen) atoms. The standard InChI is InChI=1S/C39H56N6O6S3/c1-4-35(47)44(21-26-52-23-15-36(48)49)20-16-40-34(46)12-5-10-32-28-45(42-41-32)19-8-22-51-39(50)31-9-6-17-43(27-31)18-7-11-33(37-29(2)13-24-53-37)38-30(3)14-25-54-38/h11,13-14,24-25,28,31H,4-10,12,15-23,26-27H2,1-3H3,(H,40,46)(H,48,49)/t31-/m1/s1. The fourth-order valence-electron chi connectivity index (χ4n) is 6.38. The number of aryl methyl sites for hydroxylation is 4. The number of aromatic nitrogens is 3. The van der Waals surface area contributed by atoms with Crippen molar-refractivity contribution in [1.82, 2.24) is 30.1 Å². The highest BCUT2D eigenvalue weighted by Gasteiger charge is 2.27. The number of aliphatic carboxylic acids is 1. The highest BCUT2D eigenvalue weighted by Crippen LogP contribution is 2.35. The Morgan fingerprint density at radius 2 is 1.81 bits per heavy atom. The number of carboxylic acid groups (broad SMARTS) is 1. The second-order valence-electron chi connectivity index (χ2n) is 13.6. The first kappa shape index (κ1) is 43.2. The smallest absolute Gasteiger partial charge is 0.310 e. The third-order valence-electron chi connectivity index (χ3n) is 9.37. The summed E-state index contributed by atoms with van der Waals surface area (Å²) in [6.07, 6.45) is 9.74. The number of carbonyl (C=O) groups excluding carboxylic acids is 3. The van der Waals surface area contributed by atoms with E-state index in [1.165, 1.54) is 38.2 Å². The van der Waals surface area contributed by atoms with Crippen LogP contribution in [0.25, 0.3) is 5.57 Å². The number of ether oxygens (including phenoxy) is 1. The molecular formula is C39H56N6O6S3. The van der Waals surface area contributed by atoms with Crippen LogP contribution in [0.4, 0.5) is 0 Å². The largest absolute Gasteiger partial charge is 0.481 e. The molecule has 1 atom stereocenters. The Bertz CT molecular complexity index is 1630. The topological polar surface area (TPSA) is 147 Å². The highest BCUT2D eigenvalue weighted by molar-refractivity contribution is 7.99. The van der Waals surface area contributed by atoms with Gasteiger partial charge in [-0.2, -0.15) is 11.8 Å². The predicted molar refractivity (Wildman–Crippen MR) is 217 cm³/mol. The Morgan fingerprint density at radius 3 is 2.50 bits per heavy atom. The molecule has 0 bridgehead atoms. The Balaban J connectivity index is 1.08. The minimum absolute atomic E-state index is 0.0128. The lowest BCUT2D eigenvalue weighted by atomic mass is 9.98. The normalized spacial score (nSPS) is 14.5. The van der Waals surface area contributed by atoms with E-state index in [-0.39, 0.29) is 30.1 Å². The zero-order chi connectivity index (χ0) is 38.7. The second-order valence-corrected chi connectivity index (χ2v) is 16.7. The van der Waals surface area contributed by atoms with Crippen molar-refractivity contribution in [2.45, 2.75) is 85.1 Å². The zero-order valence-corrected chi connectivity index (χ0v) is 34.4. The van der Waals surface area contributed by atoms with Crippen molar-refractivity contribution in [2.24, 2.45) is 5.92 Å². The molecule has 3 aromatic heterocycles. The maximum absolute atomic E-state index is 13.0. The molecule has 0 unspecified atom stereocenters. The van der Waals surface area contributed by atoms with Gasteiger partial charge < -0.3 is 25.0 Å². The van der Waals surface area contributed by atoms with Gasteiger partial charge in [-0.05, 0) is 86.5 Å². The number of hydrogen-bond acceptors (Lipinski definition) is 11. The number of esters is 1. The van der Waals surface area contributed by atoms with Crippen molar-refractivity contribution in [3.8, 4) is 0 Å². The van der Waals surface area contributed by atoms with E-state index in [0.29, 0.717) is 76.4 Å². The van der Waals surface area contributed by atoms with E-state index in [4.69, 9.17) is 9.84 Å². The van der Waals surface area contributed by atoms with Gasteiger partial charge in [0.2, 0.25) is 11.8 Å². The molecule has 15 heteroatoms. The lowest BCUT2D eigenvalue weighted by molar-refractivity contribution is -0.150. The summed E-state index contributed by atoms with van der Waals surface area (Å²) in [5.74, 6) is 0.0568. The van der Waals surface area contributed by atoms with Gasteiger partial charge >= 0.3 is 11.9 Å². The summed E-state index contributed by atoms with van der Waals surface area (Å²) in [6, 6.07) is 4.37. The van der Waals surface area contributed by atoms with Gasteiger partial charge in [0.05, 0.1) is 24.6 Å². The van der Waals surface area contributed by atoms with Crippen LogP contribution < -0.4 is 5.32 Å². The van der Waals surface area contributed by atoms with Crippen LogP contribution in [-0.2, 0) is 36.9 Å². The molecule has 1 aliphatic rings. The molecule has 0 spiro atoms. The number of carbonyl (C=O) groups is 4. The predicted octanol–water partition coefficient (Wildman–Crippen LogP) is 6.07. The van der Waals surface area contributed by atoms with E-state index in [2.05, 4.69) is 63.3 Å². The fourth-order valence-corrected chi connectivity index (χ4v) is 9.26. The third kappa shape index (κ3) is 14.6. The molecule has 296 valence electrons. The Morgan fingerprint density at radius 1 is 1.06 bits per heavy atom. The van der Waals surface area contributed by atoms with Gasteiger partial charge in [-0.3, -0.25) is 23.9 Å². The number of thioether (sulfide) groups is 1. The molecule has 4 heterocycles. The van der Waals surface area contributed by atoms with Crippen LogP contribution in [0.1, 0.15) is 84.9 Å². The summed E-state index contributed by atoms with van der Waals surface area (Å²) in [6.45, 7) is 11.0. The molecule has 0 aromatic carbocycles. The average Bonchev–Trinajstić information content (AvgIpc) is 3.92. The summed E-state index contributed by atoms with van der Waals surface area (Å²) in [5.41, 5.74) is 4.75. The monoisotopic (exact) mass is 800 g/mol. The van der Waals surface area contributed by atoms with Gasteiger partial charge in [-0.25, -0.2) is 0 Å². The van der Waals surface area contributed by atoms with Crippen molar-refractivity contribution in [2.75, 3.05) is 57.4 Å². The second kappa shape index (κ2) is 23.4. The van der Waals surface area contributed by atoms with Crippen LogP contribution >= 0.6 is 34.4 Å². The average molecular weight is 801 g/mol. The number of amides is 2. The van der Waals surface area contributed by atoms with Crippen molar-refractivity contribution in [1.29, 1.82) is 0 Å². The molecule has 3 aromatic rings. The van der Waals surface area contributed by atoms with E-state index in [0.717, 1.165) is 44.6 Å². The van der Waals surface area contributed by atoms with Gasteiger partial charge in [-0.1, -0.05) is 18.2 Å². The first-order valence-electron chi connectivity index (χ1n) is 19.1. The number of hydrogen-bond donors (Lipinski definition) is 2. The van der Waals surface area contributed by atoms with Crippen LogP contribution in [0.3, 0.4) is 0 Å². The lowest BCUT2D eigenvalue weighted by Gasteiger charge is -2.31. The molecule has 0 aliphatic carbocycles. The number of nitrogens with zero attached hydrogens (tertiary/aromatic N) is 5. The summed E-state index contributed by atoms with van der Waals surface area (Å²) in [5, 5.41) is 24.4. The lowest BCUT2D eigenvalue weighted by Crippen LogP contribution is -2.39. The van der Waals surface area contributed by atoms with Crippen molar-refractivity contribution in [3.05, 3.63) is 61.7 Å². The molecule has 0 saturated carbocycles. The minimum atomic E-state index is -0.827. The van der Waals surface area contributed by atoms with Gasteiger partial charge in [0, 0.05) is 91.6 Å². The molecule has 0 radical (unpaired) electrons. The fraction of sp³-hybridized carbons (Fsp3) is 0.590. The molecule has 1 saturated heterocycles. The van der Waals surface area contributed by atoms with Crippen LogP contribution in [0.2, 0.25) is 0 Å². The van der Waals surface area contributed by atoms with Crippen LogP contribution in [-0.4, -0.2) is 111 Å². The number of carboxylic acids is 1. The number of piperidine rings is 1. The summed E-state index contributed by atoms with van der Waals surface area (Å²) < 4.78 is 7.45. The molecule has 4 rings (SSSR count). The molecule has 1 aliphatic heterocycles. The van der Waals surface area contributed by atoms with Gasteiger partial charge in [0.1, 0.15) is 0 Å². The van der Waals surface area contributed by atoms with Crippen LogP contribution in [0.15, 0.2) is 35.2 Å². The van der Waals surface area contributed by atoms with Gasteiger partial charge in [0.25, 0.3) is 0 Å². The Hall–Kier alpha value is -3.53. The SMILES string of the molecule is CCC(=O)N(CCNC(=O)CCCc1cn(CCCOC(=O)[C@@H]2CCCN(CCC=C(c3sccc3C)c3sccc3C)C2)nn1)CCSCCC(=O)O. The molecule has 2 N–H and O–H groups in total. The summed E-state index contributed by atoms with van der Waals surface area (Å²) >= 11 is 5.10. The quantitative estimate of drug-likeness (QED) is 0.0809. The first-order valence-corrected chi connectivity index (χ1v) is 22.0. The maximum Gasteiger partial charge on any atom is 0.310 e. The van der Waals surface area contributed by atoms with Crippen LogP contribution in [0.5, 0.6) is 0 Å². The number of rotatable bonds is 24. The maximum atomic E-state index is 13.0. The van der Waals surface area contributed by atoms with Gasteiger partial charge in [-0.15, -0.1) is 27.8 Å². The van der Waals surface area contributed by atoms with Crippen molar-refractivity contribution < 1.29 is 29.0 Å². The number of likely N-dealkylation sites (tertiary alicyclic amines) is 1. The number of thiophene rings is 2. The summed E-state index contributed by atoms with van der Waals surface area (Å²) in [4.78, 5) is 55.1. The van der Waals surface area contributed by atoms with E-state index >= 15 is 0 Å². The zero-order valence-electron chi connectivity index (χ0n) is 31.9. The van der Waals surface area contributed by atoms with Crippen LogP contribution in [0, 0.1) is 19.8 Å². The molecule has 1 fully saturated rings. The van der Waals surface area contributed by atoms with Crippen molar-refractivity contribution in [3.63, 3.8) is 0 Å². The van der Waals surface area contributed by atoms with E-state index in [9.17, 15) is 19.2 Å². The van der Waals surface area contributed by atoms with E-state index < -0.39 is 5.97 Å². The Labute approximate surface area is 331 Å². The molecule has 12 nitrogen and oxygen atoms in total. The number of nitrogens with one attached hydrogen (secondary N) is 1. The highest BCUT2D eigenvalue weighted by atomic mass is 32.2. The van der Waals surface area contributed by atoms with Gasteiger partial charge in [0.15, 0.2) is 0 Å². The van der Waals surface area contributed by atoms with Crippen molar-refractivity contribution >= 4 is 63.8 Å². The van der Waals surface area contributed by atoms with E-state index in [1.54, 1.807) is 39.2 Å². The molecule has 2 amide bonds. The Kier molecular flexibility index (Phi) is 18.7. The third-order valence-corrected chi connectivity index (χ3v) is 12.4. The van der Waals surface area contributed by atoms with E-state index in [1.807, 2.05) is 6.20 Å². The first-order chi connectivity index (χ1) is 26.1. The summed E-state index contributed by atoms with van der Waals surface area (Å²) in [7, 11) is 0.